The van der Waals surface area contributed by atoms with Gasteiger partial charge < -0.3 is 9.47 Å². The third kappa shape index (κ3) is 3.81. The predicted octanol–water partition coefficient (Wildman–Crippen LogP) is 4.28. The number of hydrogen-bond acceptors (Lipinski definition) is 4. The highest BCUT2D eigenvalue weighted by Crippen LogP contribution is 2.33. The molecular formula is C18H13F3O4. The second-order valence-corrected chi connectivity index (χ2v) is 5.49. The lowest BCUT2D eigenvalue weighted by Crippen LogP contribution is -2.07. The van der Waals surface area contributed by atoms with Crippen molar-refractivity contribution in [3.63, 3.8) is 0 Å². The van der Waals surface area contributed by atoms with Crippen LogP contribution in [0.4, 0.5) is 13.2 Å². The Hall–Kier alpha value is -2.83. The van der Waals surface area contributed by atoms with Crippen LogP contribution in [0.3, 0.4) is 0 Å². The second-order valence-electron chi connectivity index (χ2n) is 5.49. The highest BCUT2D eigenvalue weighted by Gasteiger charge is 2.30. The molecule has 0 bridgehead atoms. The first kappa shape index (κ1) is 17.0. The predicted molar refractivity (Wildman–Crippen MR) is 81.9 cm³/mol. The van der Waals surface area contributed by atoms with Gasteiger partial charge in [0.15, 0.2) is 23.1 Å². The Balaban J connectivity index is 1.61. The van der Waals surface area contributed by atoms with Crippen LogP contribution in [0.2, 0.25) is 0 Å². The summed E-state index contributed by atoms with van der Waals surface area (Å²) in [5.41, 5.74) is -0.281. The summed E-state index contributed by atoms with van der Waals surface area (Å²) in [6.07, 6.45) is -4.57. The quantitative estimate of drug-likeness (QED) is 0.756. The molecule has 1 heterocycles. The third-order valence-corrected chi connectivity index (χ3v) is 3.81. The van der Waals surface area contributed by atoms with Crippen molar-refractivity contribution in [3.05, 3.63) is 59.2 Å². The molecule has 3 rings (SSSR count). The normalized spacial score (nSPS) is 12.9. The number of fused-ring (bicyclic) bond motifs is 1. The molecule has 0 atom stereocenters. The number of carbonyl (C=O) groups is 2. The number of Topliss-reactive ketones (excluding diaryl/α,β-unsaturated/α-hetero) is 2. The van der Waals surface area contributed by atoms with Crippen molar-refractivity contribution in [1.29, 1.82) is 0 Å². The van der Waals surface area contributed by atoms with Gasteiger partial charge in [-0.2, -0.15) is 13.2 Å². The van der Waals surface area contributed by atoms with E-state index in [2.05, 4.69) is 0 Å². The maximum absolute atomic E-state index is 12.5. The van der Waals surface area contributed by atoms with Gasteiger partial charge in [-0.15, -0.1) is 0 Å². The van der Waals surface area contributed by atoms with E-state index in [9.17, 15) is 22.8 Å². The molecule has 0 fully saturated rings. The van der Waals surface area contributed by atoms with Crippen LogP contribution in [0.25, 0.3) is 0 Å². The summed E-state index contributed by atoms with van der Waals surface area (Å²) in [7, 11) is 0. The lowest BCUT2D eigenvalue weighted by Gasteiger charge is -2.07. The highest BCUT2D eigenvalue weighted by atomic mass is 19.4. The highest BCUT2D eigenvalue weighted by molar-refractivity contribution is 6.02. The summed E-state index contributed by atoms with van der Waals surface area (Å²) in [6, 6.07) is 8.70. The number of hydrogen-bond donors (Lipinski definition) is 0. The minimum Gasteiger partial charge on any atom is -0.454 e. The molecule has 0 aliphatic carbocycles. The summed E-state index contributed by atoms with van der Waals surface area (Å²) in [4.78, 5) is 24.2. The summed E-state index contributed by atoms with van der Waals surface area (Å²) >= 11 is 0. The Kier molecular flexibility index (Phi) is 4.48. The van der Waals surface area contributed by atoms with Crippen LogP contribution in [-0.2, 0) is 6.18 Å². The molecule has 0 unspecified atom stereocenters. The van der Waals surface area contributed by atoms with Gasteiger partial charge in [-0.05, 0) is 30.3 Å². The second kappa shape index (κ2) is 6.58. The summed E-state index contributed by atoms with van der Waals surface area (Å²) in [5, 5.41) is 0. The van der Waals surface area contributed by atoms with E-state index in [1.54, 1.807) is 18.2 Å². The molecule has 0 N–H and O–H groups in total. The largest absolute Gasteiger partial charge is 0.454 e. The molecule has 25 heavy (non-hydrogen) atoms. The standard InChI is InChI=1S/C18H13F3O4/c19-18(20,21)13-4-1-11(2-5-13)14(22)6-7-15(23)12-3-8-16-17(9-12)25-10-24-16/h1-5,8-9H,6-7,10H2. The number of benzene rings is 2. The van der Waals surface area contributed by atoms with Crippen LogP contribution >= 0.6 is 0 Å². The minimum atomic E-state index is -4.45. The fourth-order valence-corrected chi connectivity index (χ4v) is 2.43. The first-order chi connectivity index (χ1) is 11.8. The van der Waals surface area contributed by atoms with Crippen molar-refractivity contribution in [2.45, 2.75) is 19.0 Å². The van der Waals surface area contributed by atoms with Crippen LogP contribution in [0.5, 0.6) is 11.5 Å². The molecule has 0 radical (unpaired) electrons. The van der Waals surface area contributed by atoms with Gasteiger partial charge in [-0.3, -0.25) is 9.59 Å². The first-order valence-electron chi connectivity index (χ1n) is 7.48. The molecule has 130 valence electrons. The van der Waals surface area contributed by atoms with Crippen LogP contribution in [-0.4, -0.2) is 18.4 Å². The molecule has 0 aromatic heterocycles. The minimum absolute atomic E-state index is 0.0422. The fraction of sp³-hybridized carbons (Fsp3) is 0.222. The van der Waals surface area contributed by atoms with Gasteiger partial charge in [0.2, 0.25) is 6.79 Å². The zero-order chi connectivity index (χ0) is 18.0. The maximum atomic E-state index is 12.5. The third-order valence-electron chi connectivity index (χ3n) is 3.81. The Labute approximate surface area is 141 Å². The molecule has 0 spiro atoms. The van der Waals surface area contributed by atoms with Crippen LogP contribution in [0.15, 0.2) is 42.5 Å². The van der Waals surface area contributed by atoms with E-state index in [1.807, 2.05) is 0 Å². The zero-order valence-electron chi connectivity index (χ0n) is 12.9. The fourth-order valence-electron chi connectivity index (χ4n) is 2.43. The van der Waals surface area contributed by atoms with E-state index < -0.39 is 11.7 Å². The van der Waals surface area contributed by atoms with E-state index >= 15 is 0 Å². The number of halogens is 3. The molecule has 0 saturated carbocycles. The van der Waals surface area contributed by atoms with Crippen LogP contribution in [0.1, 0.15) is 39.1 Å². The van der Waals surface area contributed by atoms with Crippen molar-refractivity contribution >= 4 is 11.6 Å². The lowest BCUT2D eigenvalue weighted by molar-refractivity contribution is -0.137. The first-order valence-corrected chi connectivity index (χ1v) is 7.48. The monoisotopic (exact) mass is 350 g/mol. The average Bonchev–Trinajstić information content (AvgIpc) is 3.06. The van der Waals surface area contributed by atoms with E-state index in [-0.39, 0.29) is 36.8 Å². The Morgan fingerprint density at radius 2 is 1.40 bits per heavy atom. The number of alkyl halides is 3. The molecule has 1 aliphatic rings. The van der Waals surface area contributed by atoms with E-state index in [1.165, 1.54) is 0 Å². The molecule has 2 aromatic rings. The summed E-state index contributed by atoms with van der Waals surface area (Å²) in [6.45, 7) is 0.0966. The van der Waals surface area contributed by atoms with Crippen LogP contribution in [0, 0.1) is 0 Å². The molecule has 4 nitrogen and oxygen atoms in total. The SMILES string of the molecule is O=C(CCC(=O)c1ccc2c(c1)OCO2)c1ccc(C(F)(F)F)cc1. The topological polar surface area (TPSA) is 52.6 Å². The Morgan fingerprint density at radius 1 is 0.840 bits per heavy atom. The number of rotatable bonds is 5. The van der Waals surface area contributed by atoms with E-state index in [4.69, 9.17) is 9.47 Å². The molecule has 2 aromatic carbocycles. The number of ketones is 2. The smallest absolute Gasteiger partial charge is 0.416 e. The van der Waals surface area contributed by atoms with E-state index in [0.717, 1.165) is 24.3 Å². The van der Waals surface area contributed by atoms with Crippen molar-refractivity contribution in [2.24, 2.45) is 0 Å². The van der Waals surface area contributed by atoms with Gasteiger partial charge in [-0.25, -0.2) is 0 Å². The van der Waals surface area contributed by atoms with Crippen LogP contribution < -0.4 is 9.47 Å². The van der Waals surface area contributed by atoms with Gasteiger partial charge in [0.25, 0.3) is 0 Å². The molecule has 7 heteroatoms. The maximum Gasteiger partial charge on any atom is 0.416 e. The van der Waals surface area contributed by atoms with Crippen molar-refractivity contribution in [1.82, 2.24) is 0 Å². The molecule has 1 aliphatic heterocycles. The Bertz CT molecular complexity index is 810. The van der Waals surface area contributed by atoms with Gasteiger partial charge in [0.05, 0.1) is 5.56 Å². The van der Waals surface area contributed by atoms with Crippen molar-refractivity contribution in [2.75, 3.05) is 6.79 Å². The average molecular weight is 350 g/mol. The van der Waals surface area contributed by atoms with Gasteiger partial charge in [0, 0.05) is 24.0 Å². The van der Waals surface area contributed by atoms with Gasteiger partial charge >= 0.3 is 6.18 Å². The summed E-state index contributed by atoms with van der Waals surface area (Å²) < 4.78 is 47.9. The van der Waals surface area contributed by atoms with Gasteiger partial charge in [0.1, 0.15) is 0 Å². The number of carbonyl (C=O) groups excluding carboxylic acids is 2. The number of ether oxygens (including phenoxy) is 2. The molecular weight excluding hydrogens is 337 g/mol. The van der Waals surface area contributed by atoms with Gasteiger partial charge in [-0.1, -0.05) is 12.1 Å². The molecule has 0 saturated heterocycles. The van der Waals surface area contributed by atoms with Crippen molar-refractivity contribution < 1.29 is 32.2 Å². The van der Waals surface area contributed by atoms with E-state index in [0.29, 0.717) is 17.1 Å². The lowest BCUT2D eigenvalue weighted by atomic mass is 10.0. The summed E-state index contributed by atoms with van der Waals surface area (Å²) in [5.74, 6) is 0.388. The Morgan fingerprint density at radius 3 is 2.04 bits per heavy atom. The van der Waals surface area contributed by atoms with Crippen molar-refractivity contribution in [3.8, 4) is 11.5 Å². The molecule has 0 amide bonds. The zero-order valence-corrected chi connectivity index (χ0v) is 12.9.